The first-order valence-electron chi connectivity index (χ1n) is 25.9. The smallest absolute Gasteiger partial charge is 0.306 e. The molecule has 6 atom stereocenters. The number of aliphatic hydroxyl groups is 4. The molecule has 4 N–H and O–H groups in total. The number of unbranched alkanes of at least 4 members (excludes halogenated alkanes) is 30. The van der Waals surface area contributed by atoms with Gasteiger partial charge < -0.3 is 39.4 Å². The molecule has 1 aliphatic heterocycles. The van der Waals surface area contributed by atoms with E-state index in [9.17, 15) is 25.2 Å². The van der Waals surface area contributed by atoms with Crippen LogP contribution in [-0.4, -0.2) is 89.6 Å². The van der Waals surface area contributed by atoms with E-state index in [1.807, 2.05) is 0 Å². The summed E-state index contributed by atoms with van der Waals surface area (Å²) in [5, 5.41) is 40.2. The predicted octanol–water partition coefficient (Wildman–Crippen LogP) is 12.5. The number of ether oxygens (including phenoxy) is 4. The second kappa shape index (κ2) is 43.9. The van der Waals surface area contributed by atoms with Gasteiger partial charge in [-0.2, -0.15) is 0 Å². The van der Waals surface area contributed by atoms with Crippen LogP contribution in [0.25, 0.3) is 0 Å². The predicted molar refractivity (Wildman–Crippen MR) is 252 cm³/mol. The number of hydrogen-bond acceptors (Lipinski definition) is 9. The number of rotatable bonds is 45. The number of hydrogen-bond donors (Lipinski definition) is 4. The third-order valence-corrected chi connectivity index (χ3v) is 12.1. The van der Waals surface area contributed by atoms with Crippen LogP contribution in [-0.2, 0) is 23.7 Å². The van der Waals surface area contributed by atoms with Gasteiger partial charge in [0, 0.05) is 13.0 Å². The molecular formula is C52H98O9. The van der Waals surface area contributed by atoms with E-state index >= 15 is 0 Å². The molecule has 0 aromatic carbocycles. The molecule has 0 radical (unpaired) electrons. The molecule has 0 aromatic heterocycles. The van der Waals surface area contributed by atoms with Crippen molar-refractivity contribution in [1.29, 1.82) is 0 Å². The molecule has 9 nitrogen and oxygen atoms in total. The summed E-state index contributed by atoms with van der Waals surface area (Å²) in [5.74, 6) is -0.317. The lowest BCUT2D eigenvalue weighted by Gasteiger charge is -2.39. The Bertz CT molecular complexity index is 988. The van der Waals surface area contributed by atoms with Crippen molar-refractivity contribution in [1.82, 2.24) is 0 Å². The zero-order chi connectivity index (χ0) is 44.3. The molecule has 0 aliphatic carbocycles. The summed E-state index contributed by atoms with van der Waals surface area (Å²) in [5.41, 5.74) is 0. The summed E-state index contributed by atoms with van der Waals surface area (Å²) in [6.07, 6.45) is 44.9. The molecule has 1 fully saturated rings. The monoisotopic (exact) mass is 867 g/mol. The van der Waals surface area contributed by atoms with E-state index in [4.69, 9.17) is 18.9 Å². The van der Waals surface area contributed by atoms with Crippen LogP contribution < -0.4 is 0 Å². The van der Waals surface area contributed by atoms with E-state index < -0.39 is 43.4 Å². The molecule has 0 aromatic rings. The quantitative estimate of drug-likeness (QED) is 0.0268. The van der Waals surface area contributed by atoms with Gasteiger partial charge >= 0.3 is 5.97 Å². The molecule has 9 heteroatoms. The van der Waals surface area contributed by atoms with Crippen LogP contribution in [0, 0.1) is 0 Å². The number of allylic oxidation sites excluding steroid dienone is 4. The van der Waals surface area contributed by atoms with Crippen LogP contribution in [0.3, 0.4) is 0 Å². The third-order valence-electron chi connectivity index (χ3n) is 12.1. The van der Waals surface area contributed by atoms with Gasteiger partial charge in [0.15, 0.2) is 6.29 Å². The summed E-state index contributed by atoms with van der Waals surface area (Å²) in [6.45, 7) is 4.58. The van der Waals surface area contributed by atoms with Crippen molar-refractivity contribution in [3.05, 3.63) is 24.3 Å². The van der Waals surface area contributed by atoms with Crippen LogP contribution in [0.2, 0.25) is 0 Å². The van der Waals surface area contributed by atoms with Crippen LogP contribution in [0.1, 0.15) is 239 Å². The van der Waals surface area contributed by atoms with E-state index in [-0.39, 0.29) is 19.2 Å². The van der Waals surface area contributed by atoms with Crippen LogP contribution in [0.4, 0.5) is 0 Å². The topological polar surface area (TPSA) is 135 Å². The van der Waals surface area contributed by atoms with Gasteiger partial charge in [0.05, 0.1) is 19.8 Å². The average molecular weight is 867 g/mol. The summed E-state index contributed by atoms with van der Waals surface area (Å²) in [7, 11) is 0. The molecule has 1 saturated heterocycles. The van der Waals surface area contributed by atoms with Crippen LogP contribution >= 0.6 is 0 Å². The molecule has 6 unspecified atom stereocenters. The van der Waals surface area contributed by atoms with E-state index in [0.29, 0.717) is 13.0 Å². The van der Waals surface area contributed by atoms with E-state index in [1.54, 1.807) is 0 Å². The number of aliphatic hydroxyl groups excluding tert-OH is 4. The van der Waals surface area contributed by atoms with Crippen molar-refractivity contribution in [2.75, 3.05) is 26.4 Å². The summed E-state index contributed by atoms with van der Waals surface area (Å²) >= 11 is 0. The Morgan fingerprint density at radius 3 is 1.43 bits per heavy atom. The zero-order valence-electron chi connectivity index (χ0n) is 39.7. The minimum atomic E-state index is -1.54. The van der Waals surface area contributed by atoms with Crippen molar-refractivity contribution < 1.29 is 44.2 Å². The van der Waals surface area contributed by atoms with Gasteiger partial charge in [-0.25, -0.2) is 0 Å². The highest BCUT2D eigenvalue weighted by atomic mass is 16.7. The first kappa shape index (κ1) is 57.7. The Morgan fingerprint density at radius 2 is 0.951 bits per heavy atom. The van der Waals surface area contributed by atoms with Gasteiger partial charge in [-0.05, 0) is 44.9 Å². The van der Waals surface area contributed by atoms with Crippen LogP contribution in [0.5, 0.6) is 0 Å². The lowest BCUT2D eigenvalue weighted by molar-refractivity contribution is -0.305. The molecule has 1 heterocycles. The Labute approximate surface area is 375 Å². The van der Waals surface area contributed by atoms with E-state index in [2.05, 4.69) is 38.2 Å². The largest absolute Gasteiger partial charge is 0.457 e. The Morgan fingerprint density at radius 1 is 0.525 bits per heavy atom. The highest BCUT2D eigenvalue weighted by molar-refractivity contribution is 5.69. The lowest BCUT2D eigenvalue weighted by Crippen LogP contribution is -2.59. The molecule has 0 bridgehead atoms. The summed E-state index contributed by atoms with van der Waals surface area (Å²) in [4.78, 5) is 12.8. The highest BCUT2D eigenvalue weighted by Crippen LogP contribution is 2.23. The van der Waals surface area contributed by atoms with E-state index in [1.165, 1.54) is 173 Å². The maximum atomic E-state index is 12.8. The number of esters is 1. The molecular weight excluding hydrogens is 769 g/mol. The first-order valence-corrected chi connectivity index (χ1v) is 25.9. The SMILES string of the molecule is CCCCCC/C=C\C/C=C\CCCCCCCCCC(=O)OC(COCCCCCCCCCCCCCCCCCCCCCC)COC1OC(CO)C(O)C(O)C1O. The van der Waals surface area contributed by atoms with Gasteiger partial charge in [-0.3, -0.25) is 4.79 Å². The minimum absolute atomic E-state index is 0.112. The molecule has 0 spiro atoms. The van der Waals surface area contributed by atoms with Crippen molar-refractivity contribution in [3.63, 3.8) is 0 Å². The van der Waals surface area contributed by atoms with Crippen molar-refractivity contribution in [3.8, 4) is 0 Å². The zero-order valence-corrected chi connectivity index (χ0v) is 39.7. The maximum absolute atomic E-state index is 12.8. The van der Waals surface area contributed by atoms with Gasteiger partial charge in [-0.15, -0.1) is 0 Å². The van der Waals surface area contributed by atoms with Gasteiger partial charge in [-0.1, -0.05) is 212 Å². The van der Waals surface area contributed by atoms with Crippen LogP contribution in [0.15, 0.2) is 24.3 Å². The number of carbonyl (C=O) groups is 1. The van der Waals surface area contributed by atoms with Gasteiger partial charge in [0.25, 0.3) is 0 Å². The normalized spacial score (nSPS) is 20.0. The summed E-state index contributed by atoms with van der Waals surface area (Å²) in [6, 6.07) is 0. The lowest BCUT2D eigenvalue weighted by atomic mass is 9.99. The Hall–Kier alpha value is -1.33. The minimum Gasteiger partial charge on any atom is -0.457 e. The third kappa shape index (κ3) is 34.7. The Balaban J connectivity index is 2.20. The van der Waals surface area contributed by atoms with E-state index in [0.717, 1.165) is 44.9 Å². The molecule has 0 amide bonds. The molecule has 360 valence electrons. The van der Waals surface area contributed by atoms with Gasteiger partial charge in [0.1, 0.15) is 30.5 Å². The van der Waals surface area contributed by atoms with Gasteiger partial charge in [0.2, 0.25) is 0 Å². The fourth-order valence-electron chi connectivity index (χ4n) is 8.05. The fraction of sp³-hybridized carbons (Fsp3) is 0.904. The molecule has 0 saturated carbocycles. The molecule has 1 aliphatic rings. The first-order chi connectivity index (χ1) is 29.9. The highest BCUT2D eigenvalue weighted by Gasteiger charge is 2.44. The second-order valence-corrected chi connectivity index (χ2v) is 18.0. The second-order valence-electron chi connectivity index (χ2n) is 18.0. The number of carbonyl (C=O) groups excluding carboxylic acids is 1. The molecule has 61 heavy (non-hydrogen) atoms. The standard InChI is InChI=1S/C52H98O9/c1-3-5-7-9-11-13-15-17-19-21-23-24-26-28-30-32-34-36-38-40-42-58-44-46(45-59-52-51(57)50(56)49(55)47(43-53)61-52)60-48(54)41-39-37-35-33-31-29-27-25-22-20-18-16-14-12-10-8-6-4-2/h14,16,20,22,46-47,49-53,55-57H,3-13,15,17-19,21,23-45H2,1-2H3/b16-14-,22-20-. The Kier molecular flexibility index (Phi) is 41.5. The molecule has 1 rings (SSSR count). The maximum Gasteiger partial charge on any atom is 0.306 e. The fourth-order valence-corrected chi connectivity index (χ4v) is 8.05. The summed E-state index contributed by atoms with van der Waals surface area (Å²) < 4.78 is 22.9. The van der Waals surface area contributed by atoms with Crippen molar-refractivity contribution in [2.45, 2.75) is 275 Å². The average Bonchev–Trinajstić information content (AvgIpc) is 3.26. The van der Waals surface area contributed by atoms with Crippen molar-refractivity contribution >= 4 is 5.97 Å². The van der Waals surface area contributed by atoms with Crippen molar-refractivity contribution in [2.24, 2.45) is 0 Å².